The molecule has 0 heterocycles. The topological polar surface area (TPSA) is 52.6 Å². The fourth-order valence-electron chi connectivity index (χ4n) is 1.05. The molecule has 4 heteroatoms. The van der Waals surface area contributed by atoms with Crippen LogP contribution >= 0.6 is 0 Å². The Balaban J connectivity index is 3.78. The number of nitrogens with one attached hydrogen (secondary N) is 1. The Kier molecular flexibility index (Phi) is 4.20. The van der Waals surface area contributed by atoms with Gasteiger partial charge in [0.1, 0.15) is 0 Å². The van der Waals surface area contributed by atoms with E-state index >= 15 is 0 Å². The van der Waals surface area contributed by atoms with E-state index in [1.165, 1.54) is 6.92 Å². The van der Waals surface area contributed by atoms with Crippen LogP contribution < -0.4 is 5.32 Å². The van der Waals surface area contributed by atoms with Crippen molar-refractivity contribution in [2.45, 2.75) is 19.4 Å². The Hall–Kier alpha value is -0.610. The van der Waals surface area contributed by atoms with Crippen molar-refractivity contribution in [3.8, 4) is 0 Å². The molecule has 0 aliphatic carbocycles. The second-order valence-corrected chi connectivity index (χ2v) is 3.64. The zero-order valence-corrected chi connectivity index (χ0v) is 8.22. The highest BCUT2D eigenvalue weighted by Crippen LogP contribution is 2.01. The third kappa shape index (κ3) is 6.12. The Morgan fingerprint density at radius 2 is 2.08 bits per heavy atom. The average Bonchev–Trinajstić information content (AvgIpc) is 1.81. The molecule has 0 rings (SSSR count). The highest BCUT2D eigenvalue weighted by Gasteiger charge is 2.20. The first kappa shape index (κ1) is 11.4. The summed E-state index contributed by atoms with van der Waals surface area (Å²) in [6.07, 6.45) is 0. The van der Waals surface area contributed by atoms with E-state index in [1.807, 2.05) is 19.0 Å². The Morgan fingerprint density at radius 1 is 1.58 bits per heavy atom. The van der Waals surface area contributed by atoms with E-state index in [-0.39, 0.29) is 5.91 Å². The van der Waals surface area contributed by atoms with E-state index in [1.54, 1.807) is 6.92 Å². The van der Waals surface area contributed by atoms with Gasteiger partial charge in [-0.05, 0) is 21.0 Å². The average molecular weight is 174 g/mol. The van der Waals surface area contributed by atoms with Gasteiger partial charge in [0.05, 0.1) is 5.60 Å². The third-order valence-electron chi connectivity index (χ3n) is 1.38. The summed E-state index contributed by atoms with van der Waals surface area (Å²) >= 11 is 0. The molecule has 12 heavy (non-hydrogen) atoms. The molecule has 0 radical (unpaired) electrons. The first-order valence-corrected chi connectivity index (χ1v) is 3.95. The minimum atomic E-state index is -0.852. The van der Waals surface area contributed by atoms with Crippen LogP contribution in [-0.2, 0) is 4.79 Å². The van der Waals surface area contributed by atoms with E-state index in [0.717, 1.165) is 0 Å². The van der Waals surface area contributed by atoms with E-state index in [9.17, 15) is 9.90 Å². The van der Waals surface area contributed by atoms with Crippen LogP contribution in [0.4, 0.5) is 0 Å². The van der Waals surface area contributed by atoms with Crippen LogP contribution in [0.3, 0.4) is 0 Å². The maximum atomic E-state index is 10.5. The molecule has 4 nitrogen and oxygen atoms in total. The van der Waals surface area contributed by atoms with E-state index in [2.05, 4.69) is 5.32 Å². The smallest absolute Gasteiger partial charge is 0.216 e. The lowest BCUT2D eigenvalue weighted by Gasteiger charge is -2.26. The molecule has 0 spiro atoms. The fourth-order valence-corrected chi connectivity index (χ4v) is 1.05. The van der Waals surface area contributed by atoms with Gasteiger partial charge in [0.2, 0.25) is 5.91 Å². The molecule has 72 valence electrons. The largest absolute Gasteiger partial charge is 0.387 e. The Morgan fingerprint density at radius 3 is 2.42 bits per heavy atom. The van der Waals surface area contributed by atoms with Gasteiger partial charge in [0, 0.05) is 20.0 Å². The molecular formula is C8H18N2O2. The predicted octanol–water partition coefficient (Wildman–Crippen LogP) is -0.565. The van der Waals surface area contributed by atoms with Crippen molar-refractivity contribution in [1.82, 2.24) is 10.2 Å². The van der Waals surface area contributed by atoms with E-state index in [4.69, 9.17) is 0 Å². The first-order chi connectivity index (χ1) is 5.33. The van der Waals surface area contributed by atoms with Crippen molar-refractivity contribution in [3.05, 3.63) is 0 Å². The van der Waals surface area contributed by atoms with Crippen molar-refractivity contribution in [2.24, 2.45) is 0 Å². The number of carbonyl (C=O) groups excluding carboxylic acids is 1. The molecule has 0 aromatic rings. The van der Waals surface area contributed by atoms with Gasteiger partial charge in [0.15, 0.2) is 0 Å². The van der Waals surface area contributed by atoms with Crippen LogP contribution in [0, 0.1) is 0 Å². The van der Waals surface area contributed by atoms with Crippen molar-refractivity contribution in [3.63, 3.8) is 0 Å². The first-order valence-electron chi connectivity index (χ1n) is 3.95. The summed E-state index contributed by atoms with van der Waals surface area (Å²) in [5.41, 5.74) is -0.852. The van der Waals surface area contributed by atoms with Gasteiger partial charge in [-0.2, -0.15) is 0 Å². The van der Waals surface area contributed by atoms with Crippen LogP contribution in [0.25, 0.3) is 0 Å². The molecule has 0 saturated heterocycles. The molecule has 0 fully saturated rings. The van der Waals surface area contributed by atoms with Gasteiger partial charge < -0.3 is 15.3 Å². The third-order valence-corrected chi connectivity index (χ3v) is 1.38. The second kappa shape index (κ2) is 4.42. The lowest BCUT2D eigenvalue weighted by molar-refractivity contribution is -0.120. The fraction of sp³-hybridized carbons (Fsp3) is 0.875. The molecule has 1 atom stereocenters. The summed E-state index contributed by atoms with van der Waals surface area (Å²) in [6, 6.07) is 0. The molecule has 0 aliphatic rings. The van der Waals surface area contributed by atoms with Crippen LogP contribution in [0.2, 0.25) is 0 Å². The van der Waals surface area contributed by atoms with Crippen LogP contribution in [-0.4, -0.2) is 48.7 Å². The van der Waals surface area contributed by atoms with E-state index < -0.39 is 5.60 Å². The summed E-state index contributed by atoms with van der Waals surface area (Å²) in [5.74, 6) is -0.117. The summed E-state index contributed by atoms with van der Waals surface area (Å²) in [5, 5.41) is 12.3. The lowest BCUT2D eigenvalue weighted by atomic mass is 10.1. The SMILES string of the molecule is CC(=O)NCC(C)(O)CN(C)C. The van der Waals surface area contributed by atoms with Crippen molar-refractivity contribution in [2.75, 3.05) is 27.2 Å². The number of rotatable bonds is 4. The molecular weight excluding hydrogens is 156 g/mol. The number of aliphatic hydroxyl groups is 1. The minimum Gasteiger partial charge on any atom is -0.387 e. The number of amides is 1. The zero-order valence-electron chi connectivity index (χ0n) is 8.22. The normalized spacial score (nSPS) is 15.8. The molecule has 0 aromatic heterocycles. The highest BCUT2D eigenvalue weighted by atomic mass is 16.3. The number of hydrogen-bond acceptors (Lipinski definition) is 3. The minimum absolute atomic E-state index is 0.117. The zero-order chi connectivity index (χ0) is 9.78. The summed E-state index contributed by atoms with van der Waals surface area (Å²) in [7, 11) is 3.75. The van der Waals surface area contributed by atoms with Crippen molar-refractivity contribution in [1.29, 1.82) is 0 Å². The maximum Gasteiger partial charge on any atom is 0.216 e. The molecule has 0 aromatic carbocycles. The van der Waals surface area contributed by atoms with Crippen LogP contribution in [0.15, 0.2) is 0 Å². The Labute approximate surface area is 73.6 Å². The van der Waals surface area contributed by atoms with Crippen LogP contribution in [0.1, 0.15) is 13.8 Å². The molecule has 2 N–H and O–H groups in total. The van der Waals surface area contributed by atoms with Gasteiger partial charge >= 0.3 is 0 Å². The van der Waals surface area contributed by atoms with Gasteiger partial charge in [-0.1, -0.05) is 0 Å². The molecule has 0 aliphatic heterocycles. The number of hydrogen-bond donors (Lipinski definition) is 2. The van der Waals surface area contributed by atoms with Crippen molar-refractivity contribution >= 4 is 5.91 Å². The standard InChI is InChI=1S/C8H18N2O2/c1-7(11)9-5-8(2,12)6-10(3)4/h12H,5-6H2,1-4H3,(H,9,11). The van der Waals surface area contributed by atoms with Gasteiger partial charge in [-0.15, -0.1) is 0 Å². The van der Waals surface area contributed by atoms with Gasteiger partial charge in [-0.3, -0.25) is 4.79 Å². The van der Waals surface area contributed by atoms with Gasteiger partial charge in [-0.25, -0.2) is 0 Å². The van der Waals surface area contributed by atoms with Gasteiger partial charge in [0.25, 0.3) is 0 Å². The summed E-state index contributed by atoms with van der Waals surface area (Å²) in [4.78, 5) is 12.4. The molecule has 1 amide bonds. The second-order valence-electron chi connectivity index (χ2n) is 3.64. The summed E-state index contributed by atoms with van der Waals surface area (Å²) in [6.45, 7) is 3.96. The summed E-state index contributed by atoms with van der Waals surface area (Å²) < 4.78 is 0. The molecule has 1 unspecified atom stereocenters. The van der Waals surface area contributed by atoms with E-state index in [0.29, 0.717) is 13.1 Å². The number of nitrogens with zero attached hydrogens (tertiary/aromatic N) is 1. The quantitative estimate of drug-likeness (QED) is 0.600. The van der Waals surface area contributed by atoms with Crippen molar-refractivity contribution < 1.29 is 9.90 Å². The number of carbonyl (C=O) groups is 1. The molecule has 0 saturated carbocycles. The number of likely N-dealkylation sites (N-methyl/N-ethyl adjacent to an activating group) is 1. The van der Waals surface area contributed by atoms with Crippen LogP contribution in [0.5, 0.6) is 0 Å². The predicted molar refractivity (Wildman–Crippen MR) is 47.9 cm³/mol. The lowest BCUT2D eigenvalue weighted by Crippen LogP contribution is -2.46. The maximum absolute atomic E-state index is 10.5. The molecule has 0 bridgehead atoms. The highest BCUT2D eigenvalue weighted by molar-refractivity contribution is 5.72. The Bertz CT molecular complexity index is 155. The monoisotopic (exact) mass is 174 g/mol.